The number of sulfonamides is 1. The standard InChI is InChI=1S/C12H11N3O3S2/c1-9-13-14-12(19-9)15-20(17,18)11-6-2-4-10(8-11)5-3-7-16/h2,4,6,8,16H,7H2,1H3,(H,14,15). The van der Waals surface area contributed by atoms with Gasteiger partial charge in [-0.15, -0.1) is 10.2 Å². The summed E-state index contributed by atoms with van der Waals surface area (Å²) in [6.45, 7) is 1.46. The Morgan fingerprint density at radius 3 is 2.85 bits per heavy atom. The Kier molecular flexibility index (Phi) is 4.34. The molecule has 0 aliphatic heterocycles. The number of benzene rings is 1. The first-order chi connectivity index (χ1) is 9.51. The highest BCUT2D eigenvalue weighted by molar-refractivity contribution is 7.93. The van der Waals surface area contributed by atoms with Crippen molar-refractivity contribution in [1.29, 1.82) is 0 Å². The van der Waals surface area contributed by atoms with Crippen molar-refractivity contribution in [2.75, 3.05) is 11.3 Å². The topological polar surface area (TPSA) is 92.2 Å². The summed E-state index contributed by atoms with van der Waals surface area (Å²) in [5, 5.41) is 17.0. The second kappa shape index (κ2) is 6.00. The van der Waals surface area contributed by atoms with E-state index in [1.165, 1.54) is 12.1 Å². The lowest BCUT2D eigenvalue weighted by Gasteiger charge is -2.04. The molecule has 0 saturated carbocycles. The SMILES string of the molecule is Cc1nnc(NS(=O)(=O)c2cccc(C#CCO)c2)s1. The Bertz CT molecular complexity index is 772. The van der Waals surface area contributed by atoms with Gasteiger partial charge in [-0.05, 0) is 25.1 Å². The molecule has 0 spiro atoms. The van der Waals surface area contributed by atoms with Crippen molar-refractivity contribution >= 4 is 26.5 Å². The molecule has 0 aliphatic carbocycles. The molecule has 2 aromatic rings. The van der Waals surface area contributed by atoms with Crippen molar-refractivity contribution in [1.82, 2.24) is 10.2 Å². The van der Waals surface area contributed by atoms with Gasteiger partial charge in [-0.3, -0.25) is 4.72 Å². The highest BCUT2D eigenvalue weighted by Crippen LogP contribution is 2.19. The minimum atomic E-state index is -3.72. The Hall–Kier alpha value is -1.95. The second-order valence-electron chi connectivity index (χ2n) is 3.72. The third-order valence-corrected chi connectivity index (χ3v) is 4.42. The lowest BCUT2D eigenvalue weighted by molar-refractivity contribution is 0.350. The molecule has 0 atom stereocenters. The van der Waals surface area contributed by atoms with E-state index in [4.69, 9.17) is 5.11 Å². The number of hydrogen-bond donors (Lipinski definition) is 2. The monoisotopic (exact) mass is 309 g/mol. The zero-order chi connectivity index (χ0) is 14.6. The number of nitrogens with one attached hydrogen (secondary N) is 1. The molecule has 0 amide bonds. The van der Waals surface area contributed by atoms with E-state index in [0.29, 0.717) is 10.6 Å². The summed E-state index contributed by atoms with van der Waals surface area (Å²) >= 11 is 1.15. The van der Waals surface area contributed by atoms with Crippen LogP contribution in [0.1, 0.15) is 10.6 Å². The van der Waals surface area contributed by atoms with Crippen molar-refractivity contribution in [2.24, 2.45) is 0 Å². The van der Waals surface area contributed by atoms with Crippen molar-refractivity contribution in [3.63, 3.8) is 0 Å². The van der Waals surface area contributed by atoms with Crippen LogP contribution in [0.25, 0.3) is 0 Å². The summed E-state index contributed by atoms with van der Waals surface area (Å²) in [6, 6.07) is 6.14. The Morgan fingerprint density at radius 1 is 1.40 bits per heavy atom. The first-order valence-electron chi connectivity index (χ1n) is 5.54. The van der Waals surface area contributed by atoms with Crippen LogP contribution in [0.3, 0.4) is 0 Å². The number of hydrogen-bond acceptors (Lipinski definition) is 6. The van der Waals surface area contributed by atoms with Crippen molar-refractivity contribution in [3.8, 4) is 11.8 Å². The van der Waals surface area contributed by atoms with Crippen molar-refractivity contribution in [3.05, 3.63) is 34.8 Å². The fraction of sp³-hybridized carbons (Fsp3) is 0.167. The van der Waals surface area contributed by atoms with Gasteiger partial charge in [-0.1, -0.05) is 29.2 Å². The first kappa shape index (κ1) is 14.5. The predicted molar refractivity (Wildman–Crippen MR) is 75.9 cm³/mol. The van der Waals surface area contributed by atoms with Crippen LogP contribution >= 0.6 is 11.3 Å². The van der Waals surface area contributed by atoms with Gasteiger partial charge in [0.2, 0.25) is 5.13 Å². The van der Waals surface area contributed by atoms with Gasteiger partial charge in [0, 0.05) is 5.56 Å². The molecule has 1 aromatic heterocycles. The summed E-state index contributed by atoms with van der Waals surface area (Å²) in [6.07, 6.45) is 0. The average Bonchev–Trinajstić information content (AvgIpc) is 2.81. The molecule has 104 valence electrons. The van der Waals surface area contributed by atoms with Gasteiger partial charge in [0.25, 0.3) is 10.0 Å². The highest BCUT2D eigenvalue weighted by Gasteiger charge is 2.16. The molecule has 6 nitrogen and oxygen atoms in total. The minimum absolute atomic E-state index is 0.0788. The molecular formula is C12H11N3O3S2. The molecule has 0 unspecified atom stereocenters. The summed E-state index contributed by atoms with van der Waals surface area (Å²) in [5.74, 6) is 5.12. The summed E-state index contributed by atoms with van der Waals surface area (Å²) in [4.78, 5) is 0.0788. The quantitative estimate of drug-likeness (QED) is 0.825. The van der Waals surface area contributed by atoms with Gasteiger partial charge in [-0.2, -0.15) is 0 Å². The van der Waals surface area contributed by atoms with Crippen molar-refractivity contribution in [2.45, 2.75) is 11.8 Å². The molecule has 1 aromatic carbocycles. The van der Waals surface area contributed by atoms with Crippen LogP contribution in [-0.4, -0.2) is 30.3 Å². The smallest absolute Gasteiger partial charge is 0.263 e. The van der Waals surface area contributed by atoms with E-state index in [1.54, 1.807) is 19.1 Å². The zero-order valence-corrected chi connectivity index (χ0v) is 12.1. The van der Waals surface area contributed by atoms with E-state index in [2.05, 4.69) is 26.8 Å². The van der Waals surface area contributed by atoms with E-state index in [9.17, 15) is 8.42 Å². The van der Waals surface area contributed by atoms with Crippen LogP contribution in [-0.2, 0) is 10.0 Å². The second-order valence-corrected chi connectivity index (χ2v) is 6.58. The number of rotatable bonds is 3. The Morgan fingerprint density at radius 2 is 2.20 bits per heavy atom. The average molecular weight is 309 g/mol. The van der Waals surface area contributed by atoms with Crippen molar-refractivity contribution < 1.29 is 13.5 Å². The molecule has 2 rings (SSSR count). The molecule has 2 N–H and O–H groups in total. The maximum absolute atomic E-state index is 12.2. The van der Waals surface area contributed by atoms with E-state index in [1.807, 2.05) is 0 Å². The third kappa shape index (κ3) is 3.54. The van der Waals surface area contributed by atoms with Crippen LogP contribution in [0.4, 0.5) is 5.13 Å². The molecule has 20 heavy (non-hydrogen) atoms. The molecule has 0 fully saturated rings. The Balaban J connectivity index is 2.29. The first-order valence-corrected chi connectivity index (χ1v) is 7.84. The predicted octanol–water partition coefficient (Wildman–Crippen LogP) is 0.991. The van der Waals surface area contributed by atoms with Crippen LogP contribution in [0.5, 0.6) is 0 Å². The minimum Gasteiger partial charge on any atom is -0.384 e. The number of anilines is 1. The van der Waals surface area contributed by atoms with Gasteiger partial charge in [0.15, 0.2) is 0 Å². The largest absolute Gasteiger partial charge is 0.384 e. The van der Waals surface area contributed by atoms with Gasteiger partial charge < -0.3 is 5.11 Å². The van der Waals surface area contributed by atoms with E-state index < -0.39 is 10.0 Å². The van der Waals surface area contributed by atoms with Crippen LogP contribution in [0, 0.1) is 18.8 Å². The molecular weight excluding hydrogens is 298 g/mol. The van der Waals surface area contributed by atoms with Gasteiger partial charge >= 0.3 is 0 Å². The van der Waals surface area contributed by atoms with Crippen LogP contribution in [0.2, 0.25) is 0 Å². The molecule has 0 saturated heterocycles. The third-order valence-electron chi connectivity index (χ3n) is 2.20. The van der Waals surface area contributed by atoms with Gasteiger partial charge in [-0.25, -0.2) is 8.42 Å². The molecule has 0 bridgehead atoms. The van der Waals surface area contributed by atoms with E-state index >= 15 is 0 Å². The Labute approximate surface area is 120 Å². The van der Waals surface area contributed by atoms with Crippen LogP contribution in [0.15, 0.2) is 29.2 Å². The normalized spacial score (nSPS) is 10.7. The fourth-order valence-electron chi connectivity index (χ4n) is 1.39. The maximum atomic E-state index is 12.2. The lowest BCUT2D eigenvalue weighted by atomic mass is 10.2. The fourth-order valence-corrected chi connectivity index (χ4v) is 3.26. The highest BCUT2D eigenvalue weighted by atomic mass is 32.2. The van der Waals surface area contributed by atoms with Gasteiger partial charge in [0.1, 0.15) is 11.6 Å². The lowest BCUT2D eigenvalue weighted by Crippen LogP contribution is -2.12. The van der Waals surface area contributed by atoms with Gasteiger partial charge in [0.05, 0.1) is 4.90 Å². The summed E-state index contributed by atoms with van der Waals surface area (Å²) in [5.41, 5.74) is 0.510. The molecule has 0 aliphatic rings. The van der Waals surface area contributed by atoms with E-state index in [-0.39, 0.29) is 16.6 Å². The summed E-state index contributed by atoms with van der Waals surface area (Å²) in [7, 11) is -3.72. The number of aryl methyl sites for hydroxylation is 1. The number of aliphatic hydroxyl groups excluding tert-OH is 1. The number of nitrogens with zero attached hydrogens (tertiary/aromatic N) is 2. The van der Waals surface area contributed by atoms with E-state index in [0.717, 1.165) is 11.3 Å². The number of aromatic nitrogens is 2. The molecule has 1 heterocycles. The molecule has 8 heteroatoms. The molecule has 0 radical (unpaired) electrons. The maximum Gasteiger partial charge on any atom is 0.263 e. The zero-order valence-electron chi connectivity index (χ0n) is 10.5. The van der Waals surface area contributed by atoms with Crippen LogP contribution < -0.4 is 4.72 Å². The number of aliphatic hydroxyl groups is 1. The summed E-state index contributed by atoms with van der Waals surface area (Å²) < 4.78 is 26.7.